The minimum absolute atomic E-state index is 0.0259. The van der Waals surface area contributed by atoms with Gasteiger partial charge in [-0.2, -0.15) is 13.2 Å². The SMILES string of the molecule is Cc1c(N)cccc1C(=O)N1CC=C(C(F)(F)F)CC1. The molecule has 1 amide bonds. The van der Waals surface area contributed by atoms with Crippen LogP contribution in [-0.4, -0.2) is 30.1 Å². The highest BCUT2D eigenvalue weighted by molar-refractivity contribution is 5.97. The molecule has 20 heavy (non-hydrogen) atoms. The van der Waals surface area contributed by atoms with Gasteiger partial charge in [0.2, 0.25) is 0 Å². The second-order valence-electron chi connectivity index (χ2n) is 4.75. The summed E-state index contributed by atoms with van der Waals surface area (Å²) in [6, 6.07) is 4.98. The lowest BCUT2D eigenvalue weighted by molar-refractivity contribution is -0.0957. The van der Waals surface area contributed by atoms with E-state index in [9.17, 15) is 18.0 Å². The number of benzene rings is 1. The summed E-state index contributed by atoms with van der Waals surface area (Å²) in [5.74, 6) is -0.285. The fraction of sp³-hybridized carbons (Fsp3) is 0.357. The first-order chi connectivity index (χ1) is 9.30. The van der Waals surface area contributed by atoms with E-state index in [-0.39, 0.29) is 25.4 Å². The Morgan fingerprint density at radius 2 is 2.05 bits per heavy atom. The highest BCUT2D eigenvalue weighted by Crippen LogP contribution is 2.30. The summed E-state index contributed by atoms with van der Waals surface area (Å²) < 4.78 is 37.6. The number of nitrogen functional groups attached to an aromatic ring is 1. The van der Waals surface area contributed by atoms with Gasteiger partial charge in [0.05, 0.1) is 0 Å². The van der Waals surface area contributed by atoms with Crippen molar-refractivity contribution in [1.82, 2.24) is 4.90 Å². The van der Waals surface area contributed by atoms with Crippen LogP contribution in [0.3, 0.4) is 0 Å². The quantitative estimate of drug-likeness (QED) is 0.636. The van der Waals surface area contributed by atoms with Gasteiger partial charge < -0.3 is 10.6 Å². The van der Waals surface area contributed by atoms with Crippen LogP contribution in [0.25, 0.3) is 0 Å². The lowest BCUT2D eigenvalue weighted by Gasteiger charge is -2.28. The maximum Gasteiger partial charge on any atom is 0.412 e. The second-order valence-corrected chi connectivity index (χ2v) is 4.75. The molecule has 1 aromatic carbocycles. The van der Waals surface area contributed by atoms with Crippen LogP contribution < -0.4 is 5.73 Å². The molecule has 108 valence electrons. The number of rotatable bonds is 1. The zero-order valence-electron chi connectivity index (χ0n) is 11.0. The number of nitrogens with zero attached hydrogens (tertiary/aromatic N) is 1. The summed E-state index contributed by atoms with van der Waals surface area (Å²) in [4.78, 5) is 13.7. The van der Waals surface area contributed by atoms with Crippen molar-refractivity contribution < 1.29 is 18.0 Å². The molecule has 0 saturated heterocycles. The zero-order chi connectivity index (χ0) is 14.9. The van der Waals surface area contributed by atoms with Gasteiger partial charge in [0.1, 0.15) is 0 Å². The molecular weight excluding hydrogens is 269 g/mol. The molecule has 0 bridgehead atoms. The average molecular weight is 284 g/mol. The third-order valence-electron chi connectivity index (χ3n) is 3.47. The normalized spacial score (nSPS) is 16.0. The maximum absolute atomic E-state index is 12.5. The van der Waals surface area contributed by atoms with E-state index in [2.05, 4.69) is 0 Å². The molecule has 3 nitrogen and oxygen atoms in total. The van der Waals surface area contributed by atoms with Crippen molar-refractivity contribution in [3.05, 3.63) is 41.0 Å². The fourth-order valence-corrected chi connectivity index (χ4v) is 2.17. The lowest BCUT2D eigenvalue weighted by atomic mass is 10.0. The molecule has 2 N–H and O–H groups in total. The van der Waals surface area contributed by atoms with E-state index in [0.29, 0.717) is 16.8 Å². The number of carbonyl (C=O) groups is 1. The smallest absolute Gasteiger partial charge is 0.398 e. The Morgan fingerprint density at radius 3 is 2.60 bits per heavy atom. The van der Waals surface area contributed by atoms with Crippen LogP contribution in [0.2, 0.25) is 0 Å². The van der Waals surface area contributed by atoms with Crippen LogP contribution in [0.15, 0.2) is 29.8 Å². The van der Waals surface area contributed by atoms with Crippen molar-refractivity contribution >= 4 is 11.6 Å². The van der Waals surface area contributed by atoms with E-state index in [1.807, 2.05) is 0 Å². The van der Waals surface area contributed by atoms with Crippen molar-refractivity contribution in [2.75, 3.05) is 18.8 Å². The minimum atomic E-state index is -4.30. The molecule has 0 saturated carbocycles. The van der Waals surface area contributed by atoms with E-state index in [1.54, 1.807) is 25.1 Å². The van der Waals surface area contributed by atoms with E-state index in [4.69, 9.17) is 5.73 Å². The van der Waals surface area contributed by atoms with Gasteiger partial charge in [0.25, 0.3) is 5.91 Å². The van der Waals surface area contributed by atoms with Crippen LogP contribution in [0.5, 0.6) is 0 Å². The van der Waals surface area contributed by atoms with E-state index < -0.39 is 11.7 Å². The summed E-state index contributed by atoms with van der Waals surface area (Å²) in [5, 5.41) is 0. The number of hydrogen-bond acceptors (Lipinski definition) is 2. The van der Waals surface area contributed by atoms with E-state index >= 15 is 0 Å². The van der Waals surface area contributed by atoms with Gasteiger partial charge in [-0.1, -0.05) is 12.1 Å². The van der Waals surface area contributed by atoms with Crippen molar-refractivity contribution in [2.24, 2.45) is 0 Å². The predicted molar refractivity (Wildman–Crippen MR) is 70.2 cm³/mol. The minimum Gasteiger partial charge on any atom is -0.398 e. The second kappa shape index (κ2) is 5.19. The summed E-state index contributed by atoms with van der Waals surface area (Å²) in [6.07, 6.45) is -3.40. The van der Waals surface area contributed by atoms with Crippen molar-refractivity contribution in [3.8, 4) is 0 Å². The third-order valence-corrected chi connectivity index (χ3v) is 3.47. The number of halogens is 3. The summed E-state index contributed by atoms with van der Waals surface area (Å²) in [6.45, 7) is 1.77. The molecule has 1 aliphatic heterocycles. The van der Waals surface area contributed by atoms with Gasteiger partial charge in [-0.05, 0) is 31.0 Å². The van der Waals surface area contributed by atoms with Crippen LogP contribution in [0.4, 0.5) is 18.9 Å². The van der Waals surface area contributed by atoms with Crippen molar-refractivity contribution in [1.29, 1.82) is 0 Å². The number of amides is 1. The molecule has 1 aliphatic rings. The Bertz CT molecular complexity index is 564. The van der Waals surface area contributed by atoms with Gasteiger partial charge in [-0.3, -0.25) is 4.79 Å². The van der Waals surface area contributed by atoms with Crippen LogP contribution >= 0.6 is 0 Å². The molecule has 0 atom stereocenters. The summed E-state index contributed by atoms with van der Waals surface area (Å²) in [7, 11) is 0. The highest BCUT2D eigenvalue weighted by atomic mass is 19.4. The molecule has 0 aromatic heterocycles. The Balaban J connectivity index is 2.17. The van der Waals surface area contributed by atoms with E-state index in [0.717, 1.165) is 6.08 Å². The molecule has 0 unspecified atom stereocenters. The monoisotopic (exact) mass is 284 g/mol. The van der Waals surface area contributed by atoms with Crippen LogP contribution in [0, 0.1) is 6.92 Å². The first-order valence-corrected chi connectivity index (χ1v) is 6.21. The van der Waals surface area contributed by atoms with Gasteiger partial charge >= 0.3 is 6.18 Å². The molecule has 0 radical (unpaired) electrons. The number of anilines is 1. The molecule has 6 heteroatoms. The van der Waals surface area contributed by atoms with Gasteiger partial charge in [0.15, 0.2) is 0 Å². The maximum atomic E-state index is 12.5. The number of hydrogen-bond donors (Lipinski definition) is 1. The topological polar surface area (TPSA) is 46.3 Å². The predicted octanol–water partition coefficient (Wildman–Crippen LogP) is 2.91. The van der Waals surface area contributed by atoms with Gasteiger partial charge in [0, 0.05) is 29.9 Å². The summed E-state index contributed by atoms with van der Waals surface area (Å²) in [5.41, 5.74) is 6.77. The first-order valence-electron chi connectivity index (χ1n) is 6.21. The molecule has 0 fully saturated rings. The Morgan fingerprint density at radius 1 is 1.35 bits per heavy atom. The first kappa shape index (κ1) is 14.4. The molecule has 0 spiro atoms. The molecule has 1 heterocycles. The van der Waals surface area contributed by atoms with Crippen LogP contribution in [0.1, 0.15) is 22.3 Å². The van der Waals surface area contributed by atoms with Gasteiger partial charge in [-0.25, -0.2) is 0 Å². The summed E-state index contributed by atoms with van der Waals surface area (Å²) >= 11 is 0. The number of carbonyl (C=O) groups excluding carboxylic acids is 1. The number of nitrogens with two attached hydrogens (primary N) is 1. The lowest BCUT2D eigenvalue weighted by Crippen LogP contribution is -2.37. The largest absolute Gasteiger partial charge is 0.412 e. The number of alkyl halides is 3. The average Bonchev–Trinajstić information content (AvgIpc) is 2.40. The zero-order valence-corrected chi connectivity index (χ0v) is 11.0. The Kier molecular flexibility index (Phi) is 3.74. The standard InChI is InChI=1S/C14H15F3N2O/c1-9-11(3-2-4-12(9)18)13(20)19-7-5-10(6-8-19)14(15,16)17/h2-5H,6-8,18H2,1H3. The Hall–Kier alpha value is -1.98. The Labute approximate surface area is 114 Å². The van der Waals surface area contributed by atoms with E-state index in [1.165, 1.54) is 4.90 Å². The van der Waals surface area contributed by atoms with Crippen molar-refractivity contribution in [3.63, 3.8) is 0 Å². The molecular formula is C14H15F3N2O. The fourth-order valence-electron chi connectivity index (χ4n) is 2.17. The highest BCUT2D eigenvalue weighted by Gasteiger charge is 2.35. The molecule has 1 aromatic rings. The molecule has 2 rings (SSSR count). The van der Waals surface area contributed by atoms with Crippen LogP contribution in [-0.2, 0) is 0 Å². The third kappa shape index (κ3) is 2.79. The van der Waals surface area contributed by atoms with Gasteiger partial charge in [-0.15, -0.1) is 0 Å². The molecule has 0 aliphatic carbocycles. The van der Waals surface area contributed by atoms with Crippen molar-refractivity contribution in [2.45, 2.75) is 19.5 Å².